The summed E-state index contributed by atoms with van der Waals surface area (Å²) in [6, 6.07) is 9.82. The fraction of sp³-hybridized carbons (Fsp3) is 0.806. The van der Waals surface area contributed by atoms with Gasteiger partial charge in [-0.1, -0.05) is 65.7 Å². The smallest absolute Gasteiger partial charge is 0.124 e. The van der Waals surface area contributed by atoms with Crippen LogP contribution in [0.3, 0.4) is 0 Å². The van der Waals surface area contributed by atoms with E-state index in [0.29, 0.717) is 16.7 Å². The van der Waals surface area contributed by atoms with Gasteiger partial charge >= 0.3 is 0 Å². The summed E-state index contributed by atoms with van der Waals surface area (Å²) in [4.78, 5) is 0.887. The normalized spacial score (nSPS) is 40.7. The van der Waals surface area contributed by atoms with Gasteiger partial charge in [0.1, 0.15) is 11.0 Å². The Labute approximate surface area is 213 Å². The van der Waals surface area contributed by atoms with Crippen LogP contribution in [0.15, 0.2) is 35.2 Å². The summed E-state index contributed by atoms with van der Waals surface area (Å²) in [7, 11) is -1.08. The molecule has 5 rings (SSSR count). The van der Waals surface area contributed by atoms with Crippen molar-refractivity contribution in [3.8, 4) is 0 Å². The summed E-state index contributed by atoms with van der Waals surface area (Å²) in [5.74, 6) is 5.53. The van der Waals surface area contributed by atoms with Crippen molar-refractivity contribution in [1.29, 1.82) is 0 Å². The molecule has 34 heavy (non-hydrogen) atoms. The molecule has 4 aliphatic rings. The van der Waals surface area contributed by atoms with Gasteiger partial charge in [0.2, 0.25) is 0 Å². The lowest BCUT2D eigenvalue weighted by Crippen LogP contribution is -2.53. The minimum atomic E-state index is -1.08. The molecule has 1 aromatic carbocycles. The van der Waals surface area contributed by atoms with E-state index in [1.807, 2.05) is 44.2 Å². The SMILES string of the molecule is CC.CC(CCNS(=O)c1ccccc1)C1CCC2C3CCC4CCCCC4(C)C3CCC12C. The van der Waals surface area contributed by atoms with E-state index in [9.17, 15) is 4.21 Å². The van der Waals surface area contributed by atoms with Crippen molar-refractivity contribution in [1.82, 2.24) is 4.72 Å². The molecular formula is C31H51NOS. The summed E-state index contributed by atoms with van der Waals surface area (Å²) in [5.41, 5.74) is 1.19. The third kappa shape index (κ3) is 4.82. The molecule has 0 radical (unpaired) electrons. The highest BCUT2D eigenvalue weighted by Crippen LogP contribution is 2.68. The molecule has 3 heteroatoms. The molecular weight excluding hydrogens is 434 g/mol. The molecule has 1 aromatic rings. The molecule has 4 aliphatic carbocycles. The first-order valence-electron chi connectivity index (χ1n) is 14.6. The molecule has 9 unspecified atom stereocenters. The zero-order chi connectivity index (χ0) is 24.3. The number of rotatable bonds is 6. The van der Waals surface area contributed by atoms with Crippen LogP contribution in [0.5, 0.6) is 0 Å². The van der Waals surface area contributed by atoms with Gasteiger partial charge in [-0.15, -0.1) is 0 Å². The van der Waals surface area contributed by atoms with Gasteiger partial charge in [0.25, 0.3) is 0 Å². The van der Waals surface area contributed by atoms with Gasteiger partial charge in [-0.05, 0) is 116 Å². The first-order valence-corrected chi connectivity index (χ1v) is 15.8. The maximum Gasteiger partial charge on any atom is 0.124 e. The molecule has 4 fully saturated rings. The molecule has 4 saturated carbocycles. The van der Waals surface area contributed by atoms with E-state index < -0.39 is 11.0 Å². The number of nitrogens with one attached hydrogen (secondary N) is 1. The first-order chi connectivity index (χ1) is 16.4. The average molecular weight is 486 g/mol. The number of fused-ring (bicyclic) bond motifs is 5. The van der Waals surface area contributed by atoms with Crippen molar-refractivity contribution < 1.29 is 4.21 Å². The minimum absolute atomic E-state index is 0.539. The van der Waals surface area contributed by atoms with E-state index in [4.69, 9.17) is 0 Å². The molecule has 0 amide bonds. The maximum atomic E-state index is 12.5. The molecule has 1 N–H and O–H groups in total. The largest absolute Gasteiger partial charge is 0.238 e. The highest BCUT2D eigenvalue weighted by atomic mass is 32.2. The van der Waals surface area contributed by atoms with Crippen LogP contribution in [0.4, 0.5) is 0 Å². The lowest BCUT2D eigenvalue weighted by molar-refractivity contribution is -0.114. The zero-order valence-electron chi connectivity index (χ0n) is 22.7. The zero-order valence-corrected chi connectivity index (χ0v) is 23.5. The molecule has 192 valence electrons. The fourth-order valence-corrected chi connectivity index (χ4v) is 10.4. The van der Waals surface area contributed by atoms with Crippen LogP contribution >= 0.6 is 0 Å². The van der Waals surface area contributed by atoms with Crippen molar-refractivity contribution in [3.63, 3.8) is 0 Å². The van der Waals surface area contributed by atoms with Gasteiger partial charge < -0.3 is 0 Å². The number of hydrogen-bond acceptors (Lipinski definition) is 1. The highest BCUT2D eigenvalue weighted by Gasteiger charge is 2.60. The van der Waals surface area contributed by atoms with Crippen LogP contribution in [-0.2, 0) is 11.0 Å². The molecule has 0 saturated heterocycles. The van der Waals surface area contributed by atoms with Gasteiger partial charge in [-0.25, -0.2) is 8.93 Å². The van der Waals surface area contributed by atoms with Crippen molar-refractivity contribution in [2.24, 2.45) is 46.3 Å². The monoisotopic (exact) mass is 485 g/mol. The third-order valence-electron chi connectivity index (χ3n) is 11.1. The Morgan fingerprint density at radius 2 is 1.65 bits per heavy atom. The molecule has 0 aliphatic heterocycles. The standard InChI is InChI=1S/C29H45NOS.C2H6/c1-21(17-20-30-32(31)23-10-5-4-6-11-23)25-14-15-26-24-13-12-22-9-7-8-18-28(22,2)27(24)16-19-29(25,26)3;1-2/h4-6,10-11,21-22,24-27,30H,7-9,12-20H2,1-3H3;1-2H3. The Balaban J connectivity index is 0.00000133. The predicted octanol–water partition coefficient (Wildman–Crippen LogP) is 8.40. The quantitative estimate of drug-likeness (QED) is 0.430. The summed E-state index contributed by atoms with van der Waals surface area (Å²) < 4.78 is 15.8. The van der Waals surface area contributed by atoms with Crippen molar-refractivity contribution in [3.05, 3.63) is 30.3 Å². The van der Waals surface area contributed by atoms with Crippen molar-refractivity contribution >= 4 is 11.0 Å². The van der Waals surface area contributed by atoms with E-state index in [1.165, 1.54) is 64.2 Å². The van der Waals surface area contributed by atoms with Crippen LogP contribution in [0.2, 0.25) is 0 Å². The predicted molar refractivity (Wildman–Crippen MR) is 146 cm³/mol. The second-order valence-electron chi connectivity index (χ2n) is 12.4. The Morgan fingerprint density at radius 1 is 0.912 bits per heavy atom. The van der Waals surface area contributed by atoms with E-state index in [0.717, 1.165) is 47.5 Å². The second-order valence-corrected chi connectivity index (χ2v) is 13.7. The molecule has 0 aromatic heterocycles. The van der Waals surface area contributed by atoms with Gasteiger partial charge in [0.05, 0.1) is 4.90 Å². The van der Waals surface area contributed by atoms with E-state index >= 15 is 0 Å². The number of hydrogen-bond donors (Lipinski definition) is 1. The van der Waals surface area contributed by atoms with E-state index in [1.54, 1.807) is 0 Å². The molecule has 0 heterocycles. The van der Waals surface area contributed by atoms with Crippen molar-refractivity contribution in [2.45, 2.75) is 110 Å². The lowest BCUT2D eigenvalue weighted by Gasteiger charge is -2.61. The van der Waals surface area contributed by atoms with Gasteiger partial charge in [0.15, 0.2) is 0 Å². The van der Waals surface area contributed by atoms with Crippen LogP contribution < -0.4 is 4.72 Å². The second kappa shape index (κ2) is 11.2. The van der Waals surface area contributed by atoms with Crippen LogP contribution in [-0.4, -0.2) is 10.8 Å². The average Bonchev–Trinajstić information content (AvgIpc) is 3.22. The van der Waals surface area contributed by atoms with Crippen molar-refractivity contribution in [2.75, 3.05) is 6.54 Å². The third-order valence-corrected chi connectivity index (χ3v) is 12.3. The minimum Gasteiger partial charge on any atom is -0.238 e. The van der Waals surface area contributed by atoms with Gasteiger partial charge in [0, 0.05) is 6.54 Å². The van der Waals surface area contributed by atoms with E-state index in [-0.39, 0.29) is 0 Å². The Bertz CT molecular complexity index is 811. The molecule has 0 bridgehead atoms. The Hall–Kier alpha value is -0.670. The van der Waals surface area contributed by atoms with Gasteiger partial charge in [-0.2, -0.15) is 0 Å². The number of benzene rings is 1. The van der Waals surface area contributed by atoms with Crippen LogP contribution in [0.1, 0.15) is 105 Å². The van der Waals surface area contributed by atoms with E-state index in [2.05, 4.69) is 25.5 Å². The lowest BCUT2D eigenvalue weighted by atomic mass is 9.44. The molecule has 9 atom stereocenters. The highest BCUT2D eigenvalue weighted by molar-refractivity contribution is 7.83. The topological polar surface area (TPSA) is 29.1 Å². The van der Waals surface area contributed by atoms with Crippen LogP contribution in [0, 0.1) is 46.3 Å². The summed E-state index contributed by atoms with van der Waals surface area (Å²) in [6.45, 7) is 12.7. The first kappa shape index (κ1) is 26.4. The summed E-state index contributed by atoms with van der Waals surface area (Å²) in [5, 5.41) is 0. The maximum absolute atomic E-state index is 12.5. The van der Waals surface area contributed by atoms with Gasteiger partial charge in [-0.3, -0.25) is 0 Å². The Morgan fingerprint density at radius 3 is 2.41 bits per heavy atom. The fourth-order valence-electron chi connectivity index (χ4n) is 9.48. The Kier molecular flexibility index (Phi) is 8.66. The molecule has 0 spiro atoms. The summed E-state index contributed by atoms with van der Waals surface area (Å²) >= 11 is 0. The summed E-state index contributed by atoms with van der Waals surface area (Å²) in [6.07, 6.45) is 16.0. The molecule has 2 nitrogen and oxygen atoms in total. The van der Waals surface area contributed by atoms with Crippen LogP contribution in [0.25, 0.3) is 0 Å².